The SMILES string of the molecule is O=S1(=O)C[C@@H]2SC(N(Cc3c(F)cccc3Cl)c3ccccc3F)=N[C@@H]2C1. The molecule has 4 rings (SSSR count). The van der Waals surface area contributed by atoms with Crippen LogP contribution in [0.4, 0.5) is 14.5 Å². The molecule has 2 aliphatic rings. The van der Waals surface area contributed by atoms with E-state index in [4.69, 9.17) is 11.6 Å². The molecule has 4 nitrogen and oxygen atoms in total. The average Bonchev–Trinajstić information content (AvgIpc) is 3.09. The van der Waals surface area contributed by atoms with Crippen LogP contribution in [0, 0.1) is 11.6 Å². The number of hydrogen-bond acceptors (Lipinski definition) is 5. The van der Waals surface area contributed by atoms with Gasteiger partial charge < -0.3 is 4.90 Å². The van der Waals surface area contributed by atoms with E-state index < -0.39 is 21.5 Å². The molecule has 142 valence electrons. The van der Waals surface area contributed by atoms with Gasteiger partial charge in [0.1, 0.15) is 11.6 Å². The van der Waals surface area contributed by atoms with Gasteiger partial charge in [0.05, 0.1) is 29.8 Å². The summed E-state index contributed by atoms with van der Waals surface area (Å²) in [5.74, 6) is -0.936. The van der Waals surface area contributed by atoms with Crippen LogP contribution in [-0.4, -0.2) is 36.4 Å². The minimum Gasteiger partial charge on any atom is -0.314 e. The zero-order chi connectivity index (χ0) is 19.2. The van der Waals surface area contributed by atoms with Crippen molar-refractivity contribution in [3.8, 4) is 0 Å². The summed E-state index contributed by atoms with van der Waals surface area (Å²) in [6.45, 7) is -0.00946. The third-order valence-electron chi connectivity index (χ3n) is 4.56. The summed E-state index contributed by atoms with van der Waals surface area (Å²) in [5, 5.41) is 0.516. The maximum atomic E-state index is 14.5. The molecule has 2 aromatic rings. The van der Waals surface area contributed by atoms with E-state index in [-0.39, 0.29) is 45.6 Å². The van der Waals surface area contributed by atoms with Crippen molar-refractivity contribution >= 4 is 44.1 Å². The highest BCUT2D eigenvalue weighted by Gasteiger charge is 2.44. The van der Waals surface area contributed by atoms with Crippen molar-refractivity contribution in [1.29, 1.82) is 0 Å². The molecule has 2 aliphatic heterocycles. The second-order valence-electron chi connectivity index (χ2n) is 6.45. The number of nitrogens with zero attached hydrogens (tertiary/aromatic N) is 2. The Morgan fingerprint density at radius 1 is 1.11 bits per heavy atom. The van der Waals surface area contributed by atoms with Gasteiger partial charge in [-0.25, -0.2) is 17.2 Å². The van der Waals surface area contributed by atoms with Crippen molar-refractivity contribution in [3.63, 3.8) is 0 Å². The Kier molecular flexibility index (Phi) is 4.90. The molecule has 9 heteroatoms. The highest BCUT2D eigenvalue weighted by atomic mass is 35.5. The number of benzene rings is 2. The van der Waals surface area contributed by atoms with Gasteiger partial charge in [0, 0.05) is 15.8 Å². The van der Waals surface area contributed by atoms with Gasteiger partial charge in [-0.1, -0.05) is 41.6 Å². The number of hydrogen-bond donors (Lipinski definition) is 0. The lowest BCUT2D eigenvalue weighted by atomic mass is 10.2. The van der Waals surface area contributed by atoms with E-state index >= 15 is 0 Å². The molecule has 0 amide bonds. The highest BCUT2D eigenvalue weighted by Crippen LogP contribution is 2.38. The summed E-state index contributed by atoms with van der Waals surface area (Å²) in [7, 11) is -3.10. The van der Waals surface area contributed by atoms with E-state index in [0.717, 1.165) is 0 Å². The quantitative estimate of drug-likeness (QED) is 0.744. The predicted octanol–water partition coefficient (Wildman–Crippen LogP) is 3.89. The fourth-order valence-electron chi connectivity index (χ4n) is 3.24. The van der Waals surface area contributed by atoms with Gasteiger partial charge in [-0.15, -0.1) is 0 Å². The van der Waals surface area contributed by atoms with Gasteiger partial charge in [-0.05, 0) is 24.3 Å². The van der Waals surface area contributed by atoms with Gasteiger partial charge in [-0.2, -0.15) is 0 Å². The smallest absolute Gasteiger partial charge is 0.164 e. The fourth-order valence-corrected chi connectivity index (χ4v) is 7.23. The normalized spacial score (nSPS) is 23.1. The molecule has 0 unspecified atom stereocenters. The molecule has 27 heavy (non-hydrogen) atoms. The maximum Gasteiger partial charge on any atom is 0.164 e. The lowest BCUT2D eigenvalue weighted by Crippen LogP contribution is -2.29. The molecule has 0 aromatic heterocycles. The largest absolute Gasteiger partial charge is 0.314 e. The number of sulfone groups is 1. The van der Waals surface area contributed by atoms with Gasteiger partial charge >= 0.3 is 0 Å². The summed E-state index contributed by atoms with van der Waals surface area (Å²) in [6, 6.07) is 10.2. The molecular formula is C18H15ClF2N2O2S2. The molecule has 2 aromatic carbocycles. The van der Waals surface area contributed by atoms with Gasteiger partial charge in [-0.3, -0.25) is 4.99 Å². The maximum absolute atomic E-state index is 14.5. The molecule has 0 aliphatic carbocycles. The lowest BCUT2D eigenvalue weighted by Gasteiger charge is -2.25. The van der Waals surface area contributed by atoms with Crippen molar-refractivity contribution in [2.45, 2.75) is 17.8 Å². The van der Waals surface area contributed by atoms with Crippen LogP contribution < -0.4 is 4.90 Å². The van der Waals surface area contributed by atoms with Crippen LogP contribution in [0.25, 0.3) is 0 Å². The average molecular weight is 429 g/mol. The zero-order valence-electron chi connectivity index (χ0n) is 14.0. The molecule has 2 atom stereocenters. The molecule has 1 fully saturated rings. The third kappa shape index (κ3) is 3.70. The molecule has 2 heterocycles. The summed E-state index contributed by atoms with van der Waals surface area (Å²) in [6.07, 6.45) is 0. The van der Waals surface area contributed by atoms with Crippen molar-refractivity contribution in [1.82, 2.24) is 0 Å². The monoisotopic (exact) mass is 428 g/mol. The van der Waals surface area contributed by atoms with E-state index in [0.29, 0.717) is 5.17 Å². The van der Waals surface area contributed by atoms with Crippen LogP contribution in [0.5, 0.6) is 0 Å². The standard InChI is InChI=1S/C18H15ClF2N2O2S2/c19-12-4-3-6-13(20)11(12)8-23(16-7-2-1-5-14(16)21)18-22-15-9-27(24,25)10-17(15)26-18/h1-7,15,17H,8-10H2/t15-,17+/m1/s1. The first-order chi connectivity index (χ1) is 12.8. The van der Waals surface area contributed by atoms with Crippen molar-refractivity contribution in [3.05, 3.63) is 64.7 Å². The van der Waals surface area contributed by atoms with Crippen molar-refractivity contribution in [2.75, 3.05) is 16.4 Å². The van der Waals surface area contributed by atoms with Crippen LogP contribution in [0.3, 0.4) is 0 Å². The van der Waals surface area contributed by atoms with Gasteiger partial charge in [0.15, 0.2) is 15.0 Å². The van der Waals surface area contributed by atoms with E-state index in [1.165, 1.54) is 30.0 Å². The minimum atomic E-state index is -3.10. The molecule has 1 saturated heterocycles. The minimum absolute atomic E-state index is 0.00946. The van der Waals surface area contributed by atoms with Crippen LogP contribution in [0.1, 0.15) is 5.56 Å². The van der Waals surface area contributed by atoms with E-state index in [9.17, 15) is 17.2 Å². The topological polar surface area (TPSA) is 49.7 Å². The zero-order valence-corrected chi connectivity index (χ0v) is 16.4. The number of amidine groups is 1. The first kappa shape index (κ1) is 18.7. The number of rotatable bonds is 3. The Morgan fingerprint density at radius 2 is 1.85 bits per heavy atom. The third-order valence-corrected chi connectivity index (χ3v) is 8.16. The molecular weight excluding hydrogens is 414 g/mol. The predicted molar refractivity (Wildman–Crippen MR) is 105 cm³/mol. The van der Waals surface area contributed by atoms with E-state index in [2.05, 4.69) is 4.99 Å². The first-order valence-corrected chi connectivity index (χ1v) is 11.3. The first-order valence-electron chi connectivity index (χ1n) is 8.24. The molecule has 0 N–H and O–H groups in total. The fraction of sp³-hybridized carbons (Fsp3) is 0.278. The number of fused-ring (bicyclic) bond motifs is 1. The Balaban J connectivity index is 1.73. The van der Waals surface area contributed by atoms with Gasteiger partial charge in [0.25, 0.3) is 0 Å². The molecule has 0 spiro atoms. The molecule has 0 radical (unpaired) electrons. The van der Waals surface area contributed by atoms with Crippen molar-refractivity contribution < 1.29 is 17.2 Å². The number of halogens is 3. The van der Waals surface area contributed by atoms with Gasteiger partial charge in [0.2, 0.25) is 0 Å². The lowest BCUT2D eigenvalue weighted by molar-refractivity contribution is 0.601. The number of anilines is 1. The highest BCUT2D eigenvalue weighted by molar-refractivity contribution is 8.15. The Hall–Kier alpha value is -1.64. The van der Waals surface area contributed by atoms with E-state index in [1.807, 2.05) is 0 Å². The second-order valence-corrected chi connectivity index (χ2v) is 10.2. The Bertz CT molecular complexity index is 1010. The number of para-hydroxylation sites is 1. The second kappa shape index (κ2) is 7.07. The van der Waals surface area contributed by atoms with Crippen molar-refractivity contribution in [2.24, 2.45) is 4.99 Å². The van der Waals surface area contributed by atoms with Crippen LogP contribution in [0.15, 0.2) is 47.5 Å². The Labute approximate surface area is 165 Å². The summed E-state index contributed by atoms with van der Waals surface area (Å²) in [4.78, 5) is 6.08. The number of aliphatic imine (C=N–C) groups is 1. The summed E-state index contributed by atoms with van der Waals surface area (Å²) < 4.78 is 52.4. The number of thioether (sulfide) groups is 1. The van der Waals surface area contributed by atoms with Crippen LogP contribution >= 0.6 is 23.4 Å². The molecule has 0 saturated carbocycles. The van der Waals surface area contributed by atoms with E-state index in [1.54, 1.807) is 29.2 Å². The Morgan fingerprint density at radius 3 is 2.56 bits per heavy atom. The molecule has 0 bridgehead atoms. The van der Waals surface area contributed by atoms with Crippen LogP contribution in [0.2, 0.25) is 5.02 Å². The summed E-state index contributed by atoms with van der Waals surface area (Å²) >= 11 is 7.45. The van der Waals surface area contributed by atoms with Crippen LogP contribution in [-0.2, 0) is 16.4 Å². The summed E-state index contributed by atoms with van der Waals surface area (Å²) in [5.41, 5.74) is 0.473.